The second-order valence-corrected chi connectivity index (χ2v) is 5.36. The van der Waals surface area contributed by atoms with Crippen molar-refractivity contribution in [2.45, 2.75) is 45.5 Å². The minimum atomic E-state index is -0.241. The minimum Gasteiger partial charge on any atom is -0.379 e. The van der Waals surface area contributed by atoms with Crippen molar-refractivity contribution in [3.63, 3.8) is 0 Å². The lowest BCUT2D eigenvalue weighted by molar-refractivity contribution is 0.0141. The molecular formula is C15H20O3. The third-order valence-electron chi connectivity index (χ3n) is 3.55. The lowest BCUT2D eigenvalue weighted by Gasteiger charge is -2.22. The number of Topliss-reactive ketones (excluding diaryl/α,β-unsaturated/α-hetero) is 1. The van der Waals surface area contributed by atoms with Crippen molar-refractivity contribution < 1.29 is 14.3 Å². The first-order valence-corrected chi connectivity index (χ1v) is 6.30. The Morgan fingerprint density at radius 1 is 1.33 bits per heavy atom. The topological polar surface area (TPSA) is 35.5 Å². The molecule has 1 aliphatic heterocycles. The molecular weight excluding hydrogens is 228 g/mol. The van der Waals surface area contributed by atoms with E-state index in [1.165, 1.54) is 5.56 Å². The summed E-state index contributed by atoms with van der Waals surface area (Å²) in [5.74, 6) is 0.176. The van der Waals surface area contributed by atoms with E-state index < -0.39 is 0 Å². The largest absolute Gasteiger partial charge is 0.379 e. The Kier molecular flexibility index (Phi) is 3.83. The van der Waals surface area contributed by atoms with Crippen LogP contribution < -0.4 is 0 Å². The van der Waals surface area contributed by atoms with Crippen molar-refractivity contribution in [2.24, 2.45) is 0 Å². The van der Waals surface area contributed by atoms with Crippen LogP contribution >= 0.6 is 0 Å². The Morgan fingerprint density at radius 3 is 2.78 bits per heavy atom. The van der Waals surface area contributed by atoms with Gasteiger partial charge in [0.1, 0.15) is 0 Å². The van der Waals surface area contributed by atoms with Gasteiger partial charge in [-0.15, -0.1) is 0 Å². The number of ether oxygens (including phenoxy) is 2. The summed E-state index contributed by atoms with van der Waals surface area (Å²) in [4.78, 5) is 12.1. The summed E-state index contributed by atoms with van der Waals surface area (Å²) < 4.78 is 10.7. The average molecular weight is 248 g/mol. The molecule has 0 aromatic heterocycles. The molecule has 0 fully saturated rings. The molecule has 3 nitrogen and oxygen atoms in total. The Hall–Kier alpha value is -1.19. The fourth-order valence-corrected chi connectivity index (χ4v) is 2.01. The molecule has 98 valence electrons. The average Bonchev–Trinajstić information content (AvgIpc) is 2.83. The molecule has 1 aliphatic rings. The SMILES string of the molecule is COC(C)(C)CCC(=O)c1ccc2c(c1)COC2. The molecule has 0 unspecified atom stereocenters. The van der Waals surface area contributed by atoms with Gasteiger partial charge >= 0.3 is 0 Å². The highest BCUT2D eigenvalue weighted by Gasteiger charge is 2.19. The Morgan fingerprint density at radius 2 is 2.06 bits per heavy atom. The van der Waals surface area contributed by atoms with Crippen LogP contribution in [0.1, 0.15) is 48.2 Å². The van der Waals surface area contributed by atoms with E-state index in [1.807, 2.05) is 32.0 Å². The van der Waals surface area contributed by atoms with E-state index in [4.69, 9.17) is 9.47 Å². The molecule has 2 rings (SSSR count). The molecule has 0 atom stereocenters. The summed E-state index contributed by atoms with van der Waals surface area (Å²) >= 11 is 0. The molecule has 1 aromatic rings. The van der Waals surface area contributed by atoms with E-state index in [0.29, 0.717) is 19.6 Å². The van der Waals surface area contributed by atoms with E-state index in [0.717, 1.165) is 17.5 Å². The van der Waals surface area contributed by atoms with Crippen molar-refractivity contribution in [3.05, 3.63) is 34.9 Å². The number of hydrogen-bond donors (Lipinski definition) is 0. The summed E-state index contributed by atoms with van der Waals surface area (Å²) in [7, 11) is 1.68. The number of carbonyl (C=O) groups is 1. The van der Waals surface area contributed by atoms with Gasteiger partial charge in [-0.3, -0.25) is 4.79 Å². The van der Waals surface area contributed by atoms with Gasteiger partial charge in [0.05, 0.1) is 18.8 Å². The zero-order valence-corrected chi connectivity index (χ0v) is 11.3. The summed E-state index contributed by atoms with van der Waals surface area (Å²) in [5, 5.41) is 0. The van der Waals surface area contributed by atoms with Gasteiger partial charge in [0.25, 0.3) is 0 Å². The summed E-state index contributed by atoms with van der Waals surface area (Å²) in [6, 6.07) is 5.86. The van der Waals surface area contributed by atoms with Gasteiger partial charge in [0.15, 0.2) is 5.78 Å². The second kappa shape index (κ2) is 5.21. The molecule has 0 spiro atoms. The molecule has 0 amide bonds. The van der Waals surface area contributed by atoms with E-state index in [-0.39, 0.29) is 11.4 Å². The predicted octanol–water partition coefficient (Wildman–Crippen LogP) is 3.10. The minimum absolute atomic E-state index is 0.176. The maximum atomic E-state index is 12.1. The first-order valence-electron chi connectivity index (χ1n) is 6.30. The van der Waals surface area contributed by atoms with Crippen LogP contribution in [0.5, 0.6) is 0 Å². The number of ketones is 1. The summed E-state index contributed by atoms with van der Waals surface area (Å²) in [6.45, 7) is 5.29. The quantitative estimate of drug-likeness (QED) is 0.751. The van der Waals surface area contributed by atoms with Crippen LogP contribution in [0, 0.1) is 0 Å². The molecule has 0 saturated heterocycles. The number of fused-ring (bicyclic) bond motifs is 1. The van der Waals surface area contributed by atoms with Crippen molar-refractivity contribution in [2.75, 3.05) is 7.11 Å². The first-order chi connectivity index (χ1) is 8.52. The zero-order valence-electron chi connectivity index (χ0n) is 11.3. The monoisotopic (exact) mass is 248 g/mol. The van der Waals surface area contributed by atoms with Gasteiger partial charge < -0.3 is 9.47 Å². The van der Waals surface area contributed by atoms with E-state index in [9.17, 15) is 4.79 Å². The van der Waals surface area contributed by atoms with Gasteiger partial charge in [-0.05, 0) is 37.5 Å². The van der Waals surface area contributed by atoms with Gasteiger partial charge in [-0.1, -0.05) is 12.1 Å². The van der Waals surface area contributed by atoms with Crippen LogP contribution in [0.3, 0.4) is 0 Å². The van der Waals surface area contributed by atoms with Crippen LogP contribution in [0.15, 0.2) is 18.2 Å². The van der Waals surface area contributed by atoms with E-state index in [1.54, 1.807) is 7.11 Å². The normalized spacial score (nSPS) is 14.6. The standard InChI is InChI=1S/C15H20O3/c1-15(2,17-3)7-6-14(16)11-4-5-12-9-18-10-13(12)8-11/h4-5,8H,6-7,9-10H2,1-3H3. The maximum absolute atomic E-state index is 12.1. The van der Waals surface area contributed by atoms with Crippen molar-refractivity contribution in [3.8, 4) is 0 Å². The molecule has 0 radical (unpaired) electrons. The van der Waals surface area contributed by atoms with E-state index >= 15 is 0 Å². The van der Waals surface area contributed by atoms with Crippen molar-refractivity contribution in [1.29, 1.82) is 0 Å². The lowest BCUT2D eigenvalue weighted by Crippen LogP contribution is -2.23. The van der Waals surface area contributed by atoms with Crippen molar-refractivity contribution in [1.82, 2.24) is 0 Å². The third-order valence-corrected chi connectivity index (χ3v) is 3.55. The number of benzene rings is 1. The highest BCUT2D eigenvalue weighted by atomic mass is 16.5. The molecule has 18 heavy (non-hydrogen) atoms. The third kappa shape index (κ3) is 2.98. The fraction of sp³-hybridized carbons (Fsp3) is 0.533. The number of methoxy groups -OCH3 is 1. The molecule has 0 saturated carbocycles. The molecule has 0 N–H and O–H groups in total. The van der Waals surface area contributed by atoms with Gasteiger partial charge in [0, 0.05) is 19.1 Å². The molecule has 3 heteroatoms. The summed E-state index contributed by atoms with van der Waals surface area (Å²) in [5.41, 5.74) is 2.89. The highest BCUT2D eigenvalue weighted by molar-refractivity contribution is 5.96. The smallest absolute Gasteiger partial charge is 0.162 e. The maximum Gasteiger partial charge on any atom is 0.162 e. The number of rotatable bonds is 5. The molecule has 1 aromatic carbocycles. The summed E-state index contributed by atoms with van der Waals surface area (Å²) in [6.07, 6.45) is 1.25. The van der Waals surface area contributed by atoms with E-state index in [2.05, 4.69) is 0 Å². The molecule has 0 bridgehead atoms. The lowest BCUT2D eigenvalue weighted by atomic mass is 9.96. The molecule has 1 heterocycles. The van der Waals surface area contributed by atoms with Crippen LogP contribution in [0.25, 0.3) is 0 Å². The fourth-order valence-electron chi connectivity index (χ4n) is 2.01. The van der Waals surface area contributed by atoms with Crippen LogP contribution in [0.4, 0.5) is 0 Å². The van der Waals surface area contributed by atoms with Gasteiger partial charge in [0.2, 0.25) is 0 Å². The van der Waals surface area contributed by atoms with Crippen LogP contribution in [0.2, 0.25) is 0 Å². The second-order valence-electron chi connectivity index (χ2n) is 5.36. The first kappa shape index (κ1) is 13.2. The predicted molar refractivity (Wildman–Crippen MR) is 69.6 cm³/mol. The van der Waals surface area contributed by atoms with Crippen LogP contribution in [-0.2, 0) is 22.7 Å². The Labute approximate surface area is 108 Å². The van der Waals surface area contributed by atoms with Gasteiger partial charge in [-0.2, -0.15) is 0 Å². The number of carbonyl (C=O) groups excluding carboxylic acids is 1. The van der Waals surface area contributed by atoms with Crippen LogP contribution in [-0.4, -0.2) is 18.5 Å². The number of hydrogen-bond acceptors (Lipinski definition) is 3. The van der Waals surface area contributed by atoms with Crippen molar-refractivity contribution >= 4 is 5.78 Å². The molecule has 0 aliphatic carbocycles. The Bertz CT molecular complexity index is 449. The zero-order chi connectivity index (χ0) is 13.2. The Balaban J connectivity index is 2.01. The van der Waals surface area contributed by atoms with Gasteiger partial charge in [-0.25, -0.2) is 0 Å². The highest BCUT2D eigenvalue weighted by Crippen LogP contribution is 2.23.